The minimum Gasteiger partial charge on any atom is -0.472 e. The molecule has 1 aliphatic heterocycles. The van der Waals surface area contributed by atoms with Crippen LogP contribution < -0.4 is 4.74 Å². The van der Waals surface area contributed by atoms with Crippen LogP contribution >= 0.6 is 23.4 Å². The lowest BCUT2D eigenvalue weighted by molar-refractivity contribution is -0.0366. The van der Waals surface area contributed by atoms with Gasteiger partial charge in [0.1, 0.15) is 29.0 Å². The van der Waals surface area contributed by atoms with E-state index in [9.17, 15) is 0 Å². The zero-order valence-electron chi connectivity index (χ0n) is 24.9. The second-order valence-corrected chi connectivity index (χ2v) is 12.4. The van der Waals surface area contributed by atoms with Crippen LogP contribution in [0.15, 0.2) is 59.9 Å². The fourth-order valence-corrected chi connectivity index (χ4v) is 7.11. The minimum atomic E-state index is -0.496. The molecule has 5 heterocycles. The van der Waals surface area contributed by atoms with Crippen LogP contribution in [0.25, 0.3) is 55.0 Å². The van der Waals surface area contributed by atoms with E-state index in [1.807, 2.05) is 76.9 Å². The van der Waals surface area contributed by atoms with E-state index in [2.05, 4.69) is 0 Å². The van der Waals surface area contributed by atoms with E-state index in [1.54, 1.807) is 6.07 Å². The quantitative estimate of drug-likeness (QED) is 0.135. The predicted molar refractivity (Wildman–Crippen MR) is 175 cm³/mol. The lowest BCUT2D eigenvalue weighted by Crippen LogP contribution is -2.18. The number of hydrogen-bond donors (Lipinski definition) is 0. The molecule has 228 valence electrons. The van der Waals surface area contributed by atoms with Crippen LogP contribution in [0.1, 0.15) is 31.1 Å². The van der Waals surface area contributed by atoms with Crippen LogP contribution in [0.5, 0.6) is 5.88 Å². The second-order valence-electron chi connectivity index (χ2n) is 11.3. The molecule has 9 nitrogen and oxygen atoms in total. The molecule has 1 atom stereocenters. The maximum absolute atomic E-state index is 15.1. The highest BCUT2D eigenvalue weighted by Crippen LogP contribution is 2.46. The Bertz CT molecular complexity index is 2260. The fraction of sp³-hybridized carbons (Fsp3) is 0.273. The molecule has 1 aliphatic rings. The van der Waals surface area contributed by atoms with E-state index in [4.69, 9.17) is 41.2 Å². The molecule has 8 rings (SSSR count). The van der Waals surface area contributed by atoms with E-state index in [1.165, 1.54) is 17.8 Å². The van der Waals surface area contributed by atoms with Gasteiger partial charge in [-0.25, -0.2) is 14.1 Å². The summed E-state index contributed by atoms with van der Waals surface area (Å²) in [4.78, 5) is 9.67. The molecule has 45 heavy (non-hydrogen) atoms. The number of fused-ring (bicyclic) bond motifs is 5. The lowest BCUT2D eigenvalue weighted by Gasteiger charge is -2.23. The SMILES string of the molecule is CSc1nc(OCc2ccccc2)c2c3c(c(-c4c5cnn(C6CCCCO6)c5cc5ccc(F)c(Cl)c45)nn3C)n(C)c2n1. The Morgan fingerprint density at radius 3 is 2.69 bits per heavy atom. The second kappa shape index (κ2) is 11.0. The van der Waals surface area contributed by atoms with Crippen molar-refractivity contribution in [3.8, 4) is 17.1 Å². The predicted octanol–water partition coefficient (Wildman–Crippen LogP) is 7.82. The molecule has 0 amide bonds. The number of halogens is 2. The first-order valence-corrected chi connectivity index (χ1v) is 16.4. The van der Waals surface area contributed by atoms with Gasteiger partial charge in [-0.1, -0.05) is 59.8 Å². The van der Waals surface area contributed by atoms with Crippen molar-refractivity contribution in [2.75, 3.05) is 12.9 Å². The Kier molecular flexibility index (Phi) is 6.92. The number of nitrogens with zero attached hydrogens (tertiary/aromatic N) is 7. The van der Waals surface area contributed by atoms with Crippen molar-refractivity contribution >= 4 is 67.1 Å². The van der Waals surface area contributed by atoms with E-state index in [-0.39, 0.29) is 11.3 Å². The summed E-state index contributed by atoms with van der Waals surface area (Å²) in [5.41, 5.74) is 5.57. The molecule has 0 bridgehead atoms. The molecule has 0 saturated carbocycles. The van der Waals surface area contributed by atoms with Gasteiger partial charge in [-0.15, -0.1) is 0 Å². The molecule has 0 spiro atoms. The highest BCUT2D eigenvalue weighted by Gasteiger charge is 2.29. The first kappa shape index (κ1) is 28.3. The first-order valence-electron chi connectivity index (χ1n) is 14.8. The van der Waals surface area contributed by atoms with Gasteiger partial charge in [-0.05, 0) is 48.6 Å². The third kappa shape index (κ3) is 4.47. The van der Waals surface area contributed by atoms with Gasteiger partial charge in [0.05, 0.1) is 22.3 Å². The topological polar surface area (TPSA) is 84.8 Å². The van der Waals surface area contributed by atoms with Gasteiger partial charge in [-0.3, -0.25) is 4.68 Å². The zero-order valence-corrected chi connectivity index (χ0v) is 26.5. The summed E-state index contributed by atoms with van der Waals surface area (Å²) < 4.78 is 33.4. The molecule has 0 aliphatic carbocycles. The molecule has 7 aromatic rings. The number of thioether (sulfide) groups is 1. The lowest BCUT2D eigenvalue weighted by atomic mass is 9.97. The normalized spacial score (nSPS) is 15.6. The fourth-order valence-electron chi connectivity index (χ4n) is 6.49. The van der Waals surface area contributed by atoms with Crippen molar-refractivity contribution in [3.63, 3.8) is 0 Å². The zero-order chi connectivity index (χ0) is 30.8. The van der Waals surface area contributed by atoms with Gasteiger partial charge in [-0.2, -0.15) is 15.2 Å². The molecule has 3 aromatic carbocycles. The molecule has 12 heteroatoms. The molecule has 0 radical (unpaired) electrons. The standard InChI is InChI=1S/C33H29ClFN7O2S/c1-40-30-28(39-41(2)29(30)26-31(40)37-33(45-3)38-32(26)44-17-18-9-5-4-6-10-18)25-20-16-36-42(23-11-7-8-14-43-23)22(20)15-19-12-13-21(35)27(34)24(19)25/h4-6,9-10,12-13,15-16,23H,7-8,11,14,17H2,1-3H3. The van der Waals surface area contributed by atoms with Crippen molar-refractivity contribution in [1.29, 1.82) is 0 Å². The average molecular weight is 642 g/mol. The smallest absolute Gasteiger partial charge is 0.229 e. The molecule has 0 N–H and O–H groups in total. The highest BCUT2D eigenvalue weighted by molar-refractivity contribution is 7.98. The van der Waals surface area contributed by atoms with E-state index in [0.717, 1.165) is 57.5 Å². The van der Waals surface area contributed by atoms with Crippen LogP contribution in [-0.4, -0.2) is 47.0 Å². The van der Waals surface area contributed by atoms with Gasteiger partial charge in [0.25, 0.3) is 0 Å². The van der Waals surface area contributed by atoms with E-state index < -0.39 is 5.82 Å². The number of aromatic nitrogens is 7. The monoisotopic (exact) mass is 641 g/mol. The Balaban J connectivity index is 1.42. The van der Waals surface area contributed by atoms with Crippen LogP contribution in [0, 0.1) is 5.82 Å². The highest BCUT2D eigenvalue weighted by atomic mass is 35.5. The summed E-state index contributed by atoms with van der Waals surface area (Å²) in [6.45, 7) is 1.04. The van der Waals surface area contributed by atoms with E-state index in [0.29, 0.717) is 46.5 Å². The largest absolute Gasteiger partial charge is 0.472 e. The summed E-state index contributed by atoms with van der Waals surface area (Å²) >= 11 is 8.21. The molecule has 1 saturated heterocycles. The maximum Gasteiger partial charge on any atom is 0.229 e. The van der Waals surface area contributed by atoms with Crippen molar-refractivity contribution < 1.29 is 13.9 Å². The Labute approximate surface area is 266 Å². The number of aryl methyl sites for hydroxylation is 2. The number of rotatable bonds is 6. The number of ether oxygens (including phenoxy) is 2. The van der Waals surface area contributed by atoms with Gasteiger partial charge in [0.15, 0.2) is 17.0 Å². The summed E-state index contributed by atoms with van der Waals surface area (Å²) in [5.74, 6) is -0.0215. The summed E-state index contributed by atoms with van der Waals surface area (Å²) in [7, 11) is 3.84. The summed E-state index contributed by atoms with van der Waals surface area (Å²) in [6, 6.07) is 15.1. The minimum absolute atomic E-state index is 0.0416. The number of hydrogen-bond acceptors (Lipinski definition) is 7. The van der Waals surface area contributed by atoms with Crippen LogP contribution in [-0.2, 0) is 25.4 Å². The third-order valence-electron chi connectivity index (χ3n) is 8.59. The van der Waals surface area contributed by atoms with Crippen LogP contribution in [0.3, 0.4) is 0 Å². The Hall–Kier alpha value is -4.19. The Morgan fingerprint density at radius 1 is 1.07 bits per heavy atom. The van der Waals surface area contributed by atoms with Crippen molar-refractivity contribution in [2.24, 2.45) is 14.1 Å². The Morgan fingerprint density at radius 2 is 1.91 bits per heavy atom. The van der Waals surface area contributed by atoms with Gasteiger partial charge in [0, 0.05) is 37.0 Å². The average Bonchev–Trinajstić information content (AvgIpc) is 3.74. The van der Waals surface area contributed by atoms with Crippen molar-refractivity contribution in [1.82, 2.24) is 34.1 Å². The van der Waals surface area contributed by atoms with Crippen molar-refractivity contribution in [2.45, 2.75) is 37.3 Å². The molecular formula is C33H29ClFN7O2S. The summed E-state index contributed by atoms with van der Waals surface area (Å²) in [5, 5.41) is 13.4. The molecule has 1 unspecified atom stereocenters. The molecular weight excluding hydrogens is 613 g/mol. The molecule has 1 fully saturated rings. The maximum atomic E-state index is 15.1. The van der Waals surface area contributed by atoms with E-state index >= 15 is 4.39 Å². The first-order chi connectivity index (χ1) is 21.9. The van der Waals surface area contributed by atoms with Gasteiger partial charge in [0.2, 0.25) is 5.88 Å². The van der Waals surface area contributed by atoms with Crippen LogP contribution in [0.2, 0.25) is 5.02 Å². The van der Waals surface area contributed by atoms with Gasteiger partial charge >= 0.3 is 0 Å². The number of benzene rings is 3. The van der Waals surface area contributed by atoms with Crippen LogP contribution in [0.4, 0.5) is 4.39 Å². The third-order valence-corrected chi connectivity index (χ3v) is 9.50. The molecule has 4 aromatic heterocycles. The summed E-state index contributed by atoms with van der Waals surface area (Å²) in [6.07, 6.45) is 6.54. The van der Waals surface area contributed by atoms with Crippen molar-refractivity contribution in [3.05, 3.63) is 71.1 Å². The van der Waals surface area contributed by atoms with Gasteiger partial charge < -0.3 is 14.0 Å².